The zero-order chi connectivity index (χ0) is 24.9. The maximum atomic E-state index is 14.5. The lowest BCUT2D eigenvalue weighted by Gasteiger charge is -2.15. The van der Waals surface area contributed by atoms with E-state index in [0.717, 1.165) is 28.3 Å². The Balaban J connectivity index is 1.34. The summed E-state index contributed by atoms with van der Waals surface area (Å²) >= 11 is 0. The number of hydrogen-bond acceptors (Lipinski definition) is 4. The molecule has 0 saturated heterocycles. The zero-order valence-corrected chi connectivity index (χ0v) is 19.1. The number of halogens is 1. The third-order valence-corrected chi connectivity index (χ3v) is 6.10. The Hall–Kier alpha value is -4.20. The van der Waals surface area contributed by atoms with Crippen LogP contribution in [0.4, 0.5) is 14.9 Å². The second kappa shape index (κ2) is 10.4. The normalized spacial score (nSPS) is 12.9. The smallest absolute Gasteiger partial charge is 0.411 e. The average Bonchev–Trinajstić information content (AvgIpc) is 3.17. The van der Waals surface area contributed by atoms with E-state index in [1.54, 1.807) is 0 Å². The summed E-state index contributed by atoms with van der Waals surface area (Å²) in [4.78, 5) is 35.4. The highest BCUT2D eigenvalue weighted by molar-refractivity contribution is 5.95. The van der Waals surface area contributed by atoms with Crippen LogP contribution in [0.25, 0.3) is 11.1 Å². The Morgan fingerprint density at radius 3 is 2.23 bits per heavy atom. The molecule has 1 aliphatic carbocycles. The standard InChI is InChI=1S/C27H25FN2O5/c1-16(26(32)33)12-13-29-25(31)17-10-11-24(23(28)14-17)30-27(34)35-15-22-20-8-4-2-6-18(20)19-7-3-5-9-21(19)22/h2-11,14,16,22H,12-13,15H2,1H3,(H,29,31)(H,30,34)(H,32,33). The van der Waals surface area contributed by atoms with Crippen LogP contribution in [0.5, 0.6) is 0 Å². The number of carboxylic acid groups (broad SMARTS) is 1. The molecule has 0 aliphatic heterocycles. The highest BCUT2D eigenvalue weighted by Gasteiger charge is 2.29. The highest BCUT2D eigenvalue weighted by Crippen LogP contribution is 2.44. The van der Waals surface area contributed by atoms with Gasteiger partial charge in [-0.3, -0.25) is 14.9 Å². The number of carbonyl (C=O) groups excluding carboxylic acids is 2. The van der Waals surface area contributed by atoms with Gasteiger partial charge in [0.2, 0.25) is 0 Å². The van der Waals surface area contributed by atoms with Crippen molar-refractivity contribution < 1.29 is 28.6 Å². The number of hydrogen-bond donors (Lipinski definition) is 3. The fourth-order valence-electron chi connectivity index (χ4n) is 4.13. The summed E-state index contributed by atoms with van der Waals surface area (Å²) < 4.78 is 20.0. The molecule has 0 saturated carbocycles. The van der Waals surface area contributed by atoms with E-state index in [2.05, 4.69) is 10.6 Å². The molecule has 8 heteroatoms. The van der Waals surface area contributed by atoms with E-state index in [1.807, 2.05) is 48.5 Å². The van der Waals surface area contributed by atoms with E-state index >= 15 is 0 Å². The summed E-state index contributed by atoms with van der Waals surface area (Å²) in [5.74, 6) is -2.99. The Morgan fingerprint density at radius 1 is 1.00 bits per heavy atom. The first-order valence-electron chi connectivity index (χ1n) is 11.3. The number of fused-ring (bicyclic) bond motifs is 3. The molecule has 3 aromatic carbocycles. The van der Waals surface area contributed by atoms with Gasteiger partial charge in [-0.25, -0.2) is 9.18 Å². The molecule has 0 bridgehead atoms. The Labute approximate surface area is 201 Å². The van der Waals surface area contributed by atoms with Crippen molar-refractivity contribution in [2.24, 2.45) is 5.92 Å². The molecule has 2 amide bonds. The van der Waals surface area contributed by atoms with Crippen molar-refractivity contribution in [1.82, 2.24) is 5.32 Å². The summed E-state index contributed by atoms with van der Waals surface area (Å²) in [6.07, 6.45) is -0.545. The SMILES string of the molecule is CC(CCNC(=O)c1ccc(NC(=O)OCC2c3ccccc3-c3ccccc32)c(F)c1)C(=O)O. The fourth-order valence-corrected chi connectivity index (χ4v) is 4.13. The molecule has 1 atom stereocenters. The molecule has 0 aromatic heterocycles. The van der Waals surface area contributed by atoms with Crippen molar-refractivity contribution in [2.75, 3.05) is 18.5 Å². The van der Waals surface area contributed by atoms with Crippen LogP contribution < -0.4 is 10.6 Å². The molecule has 0 heterocycles. The minimum absolute atomic E-state index is 0.0589. The molecule has 0 fully saturated rings. The largest absolute Gasteiger partial charge is 0.481 e. The fraction of sp³-hybridized carbons (Fsp3) is 0.222. The van der Waals surface area contributed by atoms with Gasteiger partial charge in [0.15, 0.2) is 0 Å². The number of carboxylic acids is 1. The van der Waals surface area contributed by atoms with Gasteiger partial charge in [0.25, 0.3) is 5.91 Å². The topological polar surface area (TPSA) is 105 Å². The number of rotatable bonds is 8. The number of amides is 2. The molecule has 1 unspecified atom stereocenters. The van der Waals surface area contributed by atoms with E-state index in [-0.39, 0.29) is 36.7 Å². The first-order chi connectivity index (χ1) is 16.8. The number of nitrogens with one attached hydrogen (secondary N) is 2. The van der Waals surface area contributed by atoms with Crippen molar-refractivity contribution in [2.45, 2.75) is 19.3 Å². The van der Waals surface area contributed by atoms with Crippen molar-refractivity contribution >= 4 is 23.7 Å². The quantitative estimate of drug-likeness (QED) is 0.423. The van der Waals surface area contributed by atoms with Crippen LogP contribution in [0, 0.1) is 11.7 Å². The van der Waals surface area contributed by atoms with E-state index in [4.69, 9.17) is 9.84 Å². The first-order valence-corrected chi connectivity index (χ1v) is 11.3. The Morgan fingerprint density at radius 2 is 1.63 bits per heavy atom. The molecule has 7 nitrogen and oxygen atoms in total. The van der Waals surface area contributed by atoms with E-state index < -0.39 is 29.7 Å². The number of aliphatic carboxylic acids is 1. The lowest BCUT2D eigenvalue weighted by Crippen LogP contribution is -2.27. The lowest BCUT2D eigenvalue weighted by atomic mass is 9.98. The maximum Gasteiger partial charge on any atom is 0.411 e. The van der Waals surface area contributed by atoms with Gasteiger partial charge in [-0.15, -0.1) is 0 Å². The van der Waals surface area contributed by atoms with Crippen LogP contribution in [0.15, 0.2) is 66.7 Å². The zero-order valence-electron chi connectivity index (χ0n) is 19.1. The van der Waals surface area contributed by atoms with Gasteiger partial charge in [-0.2, -0.15) is 0 Å². The van der Waals surface area contributed by atoms with Crippen LogP contribution in [-0.2, 0) is 9.53 Å². The second-order valence-electron chi connectivity index (χ2n) is 8.43. The molecule has 1 aliphatic rings. The third kappa shape index (κ3) is 5.32. The van der Waals surface area contributed by atoms with Gasteiger partial charge in [-0.05, 0) is 46.9 Å². The van der Waals surface area contributed by atoms with Gasteiger partial charge in [-0.1, -0.05) is 55.5 Å². The molecule has 3 N–H and O–H groups in total. The van der Waals surface area contributed by atoms with Gasteiger partial charge in [0.05, 0.1) is 11.6 Å². The second-order valence-corrected chi connectivity index (χ2v) is 8.43. The van der Waals surface area contributed by atoms with Crippen molar-refractivity contribution in [3.63, 3.8) is 0 Å². The minimum atomic E-state index is -0.950. The van der Waals surface area contributed by atoms with Crippen LogP contribution in [0.3, 0.4) is 0 Å². The van der Waals surface area contributed by atoms with E-state index in [0.29, 0.717) is 0 Å². The number of ether oxygens (including phenoxy) is 1. The molecular weight excluding hydrogens is 451 g/mol. The maximum absolute atomic E-state index is 14.5. The van der Waals surface area contributed by atoms with Gasteiger partial charge >= 0.3 is 12.1 Å². The van der Waals surface area contributed by atoms with E-state index in [9.17, 15) is 18.8 Å². The minimum Gasteiger partial charge on any atom is -0.481 e. The predicted octanol–water partition coefficient (Wildman–Crippen LogP) is 5.03. The summed E-state index contributed by atoms with van der Waals surface area (Å²) in [6.45, 7) is 1.78. The molecule has 180 valence electrons. The first kappa shape index (κ1) is 23.9. The molecule has 4 rings (SSSR count). The summed E-state index contributed by atoms with van der Waals surface area (Å²) in [7, 11) is 0. The van der Waals surface area contributed by atoms with E-state index in [1.165, 1.54) is 19.1 Å². The van der Waals surface area contributed by atoms with Gasteiger partial charge < -0.3 is 15.2 Å². The Kier molecular flexibility index (Phi) is 7.10. The summed E-state index contributed by atoms with van der Waals surface area (Å²) in [5, 5.41) is 13.8. The molecule has 3 aromatic rings. The molecule has 0 spiro atoms. The summed E-state index contributed by atoms with van der Waals surface area (Å²) in [6, 6.07) is 19.6. The van der Waals surface area contributed by atoms with Crippen LogP contribution >= 0.6 is 0 Å². The lowest BCUT2D eigenvalue weighted by molar-refractivity contribution is -0.141. The number of benzene rings is 3. The van der Waals surface area contributed by atoms with Crippen LogP contribution in [0.1, 0.15) is 40.7 Å². The van der Waals surface area contributed by atoms with Crippen molar-refractivity contribution in [3.05, 3.63) is 89.2 Å². The van der Waals surface area contributed by atoms with Crippen molar-refractivity contribution in [1.29, 1.82) is 0 Å². The predicted molar refractivity (Wildman–Crippen MR) is 129 cm³/mol. The van der Waals surface area contributed by atoms with Crippen LogP contribution in [0.2, 0.25) is 0 Å². The number of anilines is 1. The average molecular weight is 477 g/mol. The monoisotopic (exact) mass is 476 g/mol. The molecule has 0 radical (unpaired) electrons. The van der Waals surface area contributed by atoms with Gasteiger partial charge in [0, 0.05) is 18.0 Å². The third-order valence-electron chi connectivity index (χ3n) is 6.10. The summed E-state index contributed by atoms with van der Waals surface area (Å²) in [5.41, 5.74) is 4.30. The Bertz CT molecular complexity index is 1230. The molecular formula is C27H25FN2O5. The number of carbonyl (C=O) groups is 3. The van der Waals surface area contributed by atoms with Crippen molar-refractivity contribution in [3.8, 4) is 11.1 Å². The van der Waals surface area contributed by atoms with Gasteiger partial charge in [0.1, 0.15) is 12.4 Å². The van der Waals surface area contributed by atoms with Crippen LogP contribution in [-0.4, -0.2) is 36.2 Å². The molecule has 35 heavy (non-hydrogen) atoms. The highest BCUT2D eigenvalue weighted by atomic mass is 19.1.